The first-order chi connectivity index (χ1) is 11.6. The number of urea groups is 1. The molecule has 126 valence electrons. The minimum Gasteiger partial charge on any atom is -0.352 e. The molecule has 0 saturated carbocycles. The second-order valence-electron chi connectivity index (χ2n) is 5.94. The third kappa shape index (κ3) is 3.76. The molecule has 0 unspecified atom stereocenters. The molecule has 0 bridgehead atoms. The number of nitrogens with two attached hydrogens (primary N) is 1. The van der Waals surface area contributed by atoms with E-state index in [4.69, 9.17) is 5.73 Å². The second-order valence-corrected chi connectivity index (χ2v) is 6.92. The first-order valence-corrected chi connectivity index (χ1v) is 8.97. The maximum absolute atomic E-state index is 12.9. The fraction of sp³-hybridized carbons (Fsp3) is 0.333. The third-order valence-corrected chi connectivity index (χ3v) is 5.32. The van der Waals surface area contributed by atoms with Gasteiger partial charge in [-0.3, -0.25) is 4.79 Å². The van der Waals surface area contributed by atoms with Gasteiger partial charge in [0.25, 0.3) is 0 Å². The fourth-order valence-corrected chi connectivity index (χ4v) is 4.12. The van der Waals surface area contributed by atoms with Gasteiger partial charge < -0.3 is 16.0 Å². The lowest BCUT2D eigenvalue weighted by Crippen LogP contribution is -2.38. The maximum atomic E-state index is 12.9. The first-order valence-electron chi connectivity index (χ1n) is 8.09. The molecular formula is C18H21N3O2S. The lowest BCUT2D eigenvalue weighted by Gasteiger charge is -2.26. The Hall–Kier alpha value is -2.34. The van der Waals surface area contributed by atoms with Crippen LogP contribution in [-0.2, 0) is 4.79 Å². The molecule has 1 saturated heterocycles. The molecule has 2 heterocycles. The molecule has 1 aliphatic rings. The number of rotatable bonds is 5. The van der Waals surface area contributed by atoms with Crippen molar-refractivity contribution in [2.45, 2.75) is 31.3 Å². The molecule has 1 fully saturated rings. The van der Waals surface area contributed by atoms with E-state index in [0.717, 1.165) is 24.9 Å². The van der Waals surface area contributed by atoms with E-state index < -0.39 is 12.1 Å². The first kappa shape index (κ1) is 16.5. The molecule has 0 aliphatic carbocycles. The number of amides is 3. The second kappa shape index (κ2) is 7.49. The summed E-state index contributed by atoms with van der Waals surface area (Å²) in [6.07, 6.45) is 2.22. The number of nitrogens with one attached hydrogen (secondary N) is 1. The highest BCUT2D eigenvalue weighted by molar-refractivity contribution is 7.10. The summed E-state index contributed by atoms with van der Waals surface area (Å²) in [5, 5.41) is 4.73. The van der Waals surface area contributed by atoms with E-state index in [-0.39, 0.29) is 18.4 Å². The smallest absolute Gasteiger partial charge is 0.312 e. The van der Waals surface area contributed by atoms with Crippen LogP contribution >= 0.6 is 11.3 Å². The van der Waals surface area contributed by atoms with Crippen LogP contribution in [0.3, 0.4) is 0 Å². The summed E-state index contributed by atoms with van der Waals surface area (Å²) in [5.41, 5.74) is 6.18. The van der Waals surface area contributed by atoms with Crippen molar-refractivity contribution in [1.82, 2.24) is 10.2 Å². The van der Waals surface area contributed by atoms with Crippen LogP contribution in [0, 0.1) is 0 Å². The summed E-state index contributed by atoms with van der Waals surface area (Å²) in [7, 11) is 0. The Kier molecular flexibility index (Phi) is 5.15. The topological polar surface area (TPSA) is 75.4 Å². The van der Waals surface area contributed by atoms with E-state index in [1.54, 1.807) is 11.3 Å². The highest BCUT2D eigenvalue weighted by Gasteiger charge is 2.32. The van der Waals surface area contributed by atoms with Crippen LogP contribution in [0.25, 0.3) is 0 Å². The van der Waals surface area contributed by atoms with Crippen molar-refractivity contribution >= 4 is 23.3 Å². The van der Waals surface area contributed by atoms with Gasteiger partial charge in [-0.1, -0.05) is 36.4 Å². The number of hydrogen-bond donors (Lipinski definition) is 2. The van der Waals surface area contributed by atoms with E-state index in [0.29, 0.717) is 0 Å². The van der Waals surface area contributed by atoms with Gasteiger partial charge in [0.1, 0.15) is 0 Å². The molecule has 5 nitrogen and oxygen atoms in total. The monoisotopic (exact) mass is 343 g/mol. The normalized spacial score (nSPS) is 18.3. The lowest BCUT2D eigenvalue weighted by molar-refractivity contribution is -0.132. The molecule has 1 aromatic heterocycles. The van der Waals surface area contributed by atoms with Crippen LogP contribution < -0.4 is 11.1 Å². The molecule has 0 spiro atoms. The van der Waals surface area contributed by atoms with Crippen molar-refractivity contribution in [2.24, 2.45) is 5.73 Å². The number of hydrogen-bond acceptors (Lipinski definition) is 3. The number of carbonyl (C=O) groups excluding carboxylic acids is 2. The molecule has 3 N–H and O–H groups in total. The molecule has 0 radical (unpaired) electrons. The Bertz CT molecular complexity index is 688. The van der Waals surface area contributed by atoms with Crippen molar-refractivity contribution in [3.63, 3.8) is 0 Å². The molecular weight excluding hydrogens is 322 g/mol. The van der Waals surface area contributed by atoms with Crippen molar-refractivity contribution < 1.29 is 9.59 Å². The number of carbonyl (C=O) groups is 2. The van der Waals surface area contributed by atoms with Crippen LogP contribution in [0.4, 0.5) is 4.79 Å². The average Bonchev–Trinajstić information content (AvgIpc) is 3.25. The van der Waals surface area contributed by atoms with Crippen molar-refractivity contribution in [1.29, 1.82) is 0 Å². The minimum absolute atomic E-state index is 0.0495. The van der Waals surface area contributed by atoms with Crippen LogP contribution in [0.2, 0.25) is 0 Å². The summed E-state index contributed by atoms with van der Waals surface area (Å²) in [5.74, 6) is 0.0495. The zero-order valence-electron chi connectivity index (χ0n) is 13.4. The Morgan fingerprint density at radius 3 is 2.71 bits per heavy atom. The van der Waals surface area contributed by atoms with Gasteiger partial charge in [-0.2, -0.15) is 0 Å². The highest BCUT2D eigenvalue weighted by Crippen LogP contribution is 2.35. The lowest BCUT2D eigenvalue weighted by atomic mass is 10.0. The predicted octanol–water partition coefficient (Wildman–Crippen LogP) is 3.21. The Labute approximate surface area is 145 Å². The molecule has 3 amide bonds. The quantitative estimate of drug-likeness (QED) is 0.875. The van der Waals surface area contributed by atoms with Crippen molar-refractivity contribution in [3.8, 4) is 0 Å². The van der Waals surface area contributed by atoms with E-state index in [1.807, 2.05) is 46.7 Å². The van der Waals surface area contributed by atoms with Gasteiger partial charge in [0, 0.05) is 11.4 Å². The molecule has 24 heavy (non-hydrogen) atoms. The van der Waals surface area contributed by atoms with Gasteiger partial charge in [-0.15, -0.1) is 11.3 Å². The third-order valence-electron chi connectivity index (χ3n) is 4.34. The summed E-state index contributed by atoms with van der Waals surface area (Å²) in [4.78, 5) is 27.3. The standard InChI is InChI=1S/C18H21N3O2S/c19-18(23)20-14(13-6-2-1-3-7-13)12-17(22)21-10-4-8-15(21)16-9-5-11-24-16/h1-3,5-7,9,11,14-15H,4,8,10,12H2,(H3,19,20,23)/t14-,15-/m1/s1. The Balaban J connectivity index is 1.74. The zero-order chi connectivity index (χ0) is 16.9. The van der Waals surface area contributed by atoms with Crippen LogP contribution in [0.5, 0.6) is 0 Å². The van der Waals surface area contributed by atoms with Gasteiger partial charge in [0.05, 0.1) is 18.5 Å². The molecule has 2 atom stereocenters. The van der Waals surface area contributed by atoms with Gasteiger partial charge in [0.2, 0.25) is 5.91 Å². The SMILES string of the molecule is NC(=O)N[C@H](CC(=O)N1CCC[C@@H]1c1cccs1)c1ccccc1. The zero-order valence-corrected chi connectivity index (χ0v) is 14.2. The molecule has 1 aromatic carbocycles. The van der Waals surface area contributed by atoms with E-state index in [1.165, 1.54) is 4.88 Å². The van der Waals surface area contributed by atoms with E-state index in [2.05, 4.69) is 11.4 Å². The molecule has 3 rings (SSSR count). The number of primary amides is 1. The van der Waals surface area contributed by atoms with E-state index >= 15 is 0 Å². The molecule has 6 heteroatoms. The van der Waals surface area contributed by atoms with Crippen LogP contribution in [-0.4, -0.2) is 23.4 Å². The number of likely N-dealkylation sites (tertiary alicyclic amines) is 1. The van der Waals surface area contributed by atoms with Gasteiger partial charge in [0.15, 0.2) is 0 Å². The summed E-state index contributed by atoms with van der Waals surface area (Å²) in [6, 6.07) is 12.7. The summed E-state index contributed by atoms with van der Waals surface area (Å²) >= 11 is 1.68. The van der Waals surface area contributed by atoms with Gasteiger partial charge in [-0.25, -0.2) is 4.79 Å². The maximum Gasteiger partial charge on any atom is 0.312 e. The largest absolute Gasteiger partial charge is 0.352 e. The van der Waals surface area contributed by atoms with Crippen LogP contribution in [0.15, 0.2) is 47.8 Å². The summed E-state index contributed by atoms with van der Waals surface area (Å²) < 4.78 is 0. The Morgan fingerprint density at radius 1 is 1.25 bits per heavy atom. The Morgan fingerprint density at radius 2 is 2.04 bits per heavy atom. The number of benzene rings is 1. The minimum atomic E-state index is -0.618. The summed E-state index contributed by atoms with van der Waals surface area (Å²) in [6.45, 7) is 0.763. The number of nitrogens with zero attached hydrogens (tertiary/aromatic N) is 1. The highest BCUT2D eigenvalue weighted by atomic mass is 32.1. The fourth-order valence-electron chi connectivity index (χ4n) is 3.24. The van der Waals surface area contributed by atoms with E-state index in [9.17, 15) is 9.59 Å². The van der Waals surface area contributed by atoms with Gasteiger partial charge in [-0.05, 0) is 29.9 Å². The van der Waals surface area contributed by atoms with Crippen molar-refractivity contribution in [2.75, 3.05) is 6.54 Å². The van der Waals surface area contributed by atoms with Crippen LogP contribution in [0.1, 0.15) is 41.8 Å². The van der Waals surface area contributed by atoms with Gasteiger partial charge >= 0.3 is 6.03 Å². The van der Waals surface area contributed by atoms with Crippen molar-refractivity contribution in [3.05, 3.63) is 58.3 Å². The molecule has 1 aliphatic heterocycles. The number of thiophene rings is 1. The predicted molar refractivity (Wildman–Crippen MR) is 94.5 cm³/mol. The molecule has 2 aromatic rings. The average molecular weight is 343 g/mol.